The first kappa shape index (κ1) is 15.6. The molecular weight excluding hydrogens is 264 g/mol. The highest BCUT2D eigenvalue weighted by atomic mass is 16.5. The van der Waals surface area contributed by atoms with Gasteiger partial charge in [0, 0.05) is 17.0 Å². The summed E-state index contributed by atoms with van der Waals surface area (Å²) in [5.74, 6) is 0.838. The monoisotopic (exact) mass is 288 g/mol. The van der Waals surface area contributed by atoms with E-state index in [1.807, 2.05) is 19.9 Å². The summed E-state index contributed by atoms with van der Waals surface area (Å²) >= 11 is 0. The summed E-state index contributed by atoms with van der Waals surface area (Å²) in [5.41, 5.74) is 3.35. The van der Waals surface area contributed by atoms with E-state index in [1.54, 1.807) is 0 Å². The highest BCUT2D eigenvalue weighted by molar-refractivity contribution is 5.83. The standard InChI is InChI=1S/C18H24O3/c1-5-8-9-20-16-11-17-15(10-13(16)6-2)12(4)14(7-3)18(19)21-17/h10-11H,5-9H2,1-4H3. The number of unbranched alkanes of at least 4 members (excludes halogenated alkanes) is 1. The van der Waals surface area contributed by atoms with Crippen molar-refractivity contribution >= 4 is 11.0 Å². The van der Waals surface area contributed by atoms with E-state index in [2.05, 4.69) is 19.9 Å². The smallest absolute Gasteiger partial charge is 0.339 e. The van der Waals surface area contributed by atoms with E-state index in [0.29, 0.717) is 18.6 Å². The van der Waals surface area contributed by atoms with E-state index in [9.17, 15) is 4.79 Å². The SMILES string of the molecule is CCCCOc1cc2oc(=O)c(CC)c(C)c2cc1CC. The third kappa shape index (κ3) is 3.12. The van der Waals surface area contributed by atoms with E-state index in [4.69, 9.17) is 9.15 Å². The number of hydrogen-bond acceptors (Lipinski definition) is 3. The summed E-state index contributed by atoms with van der Waals surface area (Å²) in [6, 6.07) is 3.98. The van der Waals surface area contributed by atoms with Crippen LogP contribution in [0, 0.1) is 6.92 Å². The summed E-state index contributed by atoms with van der Waals surface area (Å²) in [6.07, 6.45) is 3.72. The van der Waals surface area contributed by atoms with Crippen LogP contribution in [0.2, 0.25) is 0 Å². The number of rotatable bonds is 6. The van der Waals surface area contributed by atoms with Crippen LogP contribution in [0.1, 0.15) is 50.3 Å². The minimum absolute atomic E-state index is 0.230. The van der Waals surface area contributed by atoms with Crippen molar-refractivity contribution < 1.29 is 9.15 Å². The Labute approximate surface area is 125 Å². The van der Waals surface area contributed by atoms with Gasteiger partial charge in [0.05, 0.1) is 6.61 Å². The largest absolute Gasteiger partial charge is 0.493 e. The molecule has 0 fully saturated rings. The summed E-state index contributed by atoms with van der Waals surface area (Å²) in [7, 11) is 0. The van der Waals surface area contributed by atoms with Crippen LogP contribution in [0.4, 0.5) is 0 Å². The fourth-order valence-corrected chi connectivity index (χ4v) is 2.61. The zero-order chi connectivity index (χ0) is 15.4. The van der Waals surface area contributed by atoms with E-state index < -0.39 is 0 Å². The Morgan fingerprint density at radius 3 is 2.52 bits per heavy atom. The predicted octanol–water partition coefficient (Wildman–Crippen LogP) is 4.41. The van der Waals surface area contributed by atoms with Crippen LogP contribution >= 0.6 is 0 Å². The lowest BCUT2D eigenvalue weighted by Gasteiger charge is -2.13. The van der Waals surface area contributed by atoms with E-state index in [0.717, 1.165) is 47.1 Å². The molecule has 0 amide bonds. The molecule has 114 valence electrons. The molecule has 0 N–H and O–H groups in total. The van der Waals surface area contributed by atoms with Gasteiger partial charge >= 0.3 is 5.63 Å². The van der Waals surface area contributed by atoms with Crippen LogP contribution in [0.5, 0.6) is 5.75 Å². The highest BCUT2D eigenvalue weighted by Gasteiger charge is 2.13. The highest BCUT2D eigenvalue weighted by Crippen LogP contribution is 2.29. The molecule has 0 spiro atoms. The molecular formula is C18H24O3. The van der Waals surface area contributed by atoms with E-state index in [1.165, 1.54) is 0 Å². The molecule has 1 aromatic carbocycles. The second-order valence-corrected chi connectivity index (χ2v) is 5.36. The van der Waals surface area contributed by atoms with Crippen molar-refractivity contribution in [1.29, 1.82) is 0 Å². The molecule has 1 aromatic heterocycles. The summed E-state index contributed by atoms with van der Waals surface area (Å²) in [4.78, 5) is 12.0. The molecule has 0 aliphatic heterocycles. The van der Waals surface area contributed by atoms with Gasteiger partial charge in [-0.3, -0.25) is 0 Å². The van der Waals surface area contributed by atoms with Gasteiger partial charge in [-0.2, -0.15) is 0 Å². The molecule has 3 heteroatoms. The van der Waals surface area contributed by atoms with Crippen molar-refractivity contribution in [1.82, 2.24) is 0 Å². The molecule has 21 heavy (non-hydrogen) atoms. The number of aryl methyl sites for hydroxylation is 2. The topological polar surface area (TPSA) is 39.4 Å². The maximum Gasteiger partial charge on any atom is 0.339 e. The van der Waals surface area contributed by atoms with Gasteiger partial charge in [-0.25, -0.2) is 4.79 Å². The van der Waals surface area contributed by atoms with Crippen LogP contribution in [-0.4, -0.2) is 6.61 Å². The molecule has 0 atom stereocenters. The average molecular weight is 288 g/mol. The van der Waals surface area contributed by atoms with Gasteiger partial charge in [0.25, 0.3) is 0 Å². The molecule has 3 nitrogen and oxygen atoms in total. The fraction of sp³-hybridized carbons (Fsp3) is 0.500. The molecule has 0 bridgehead atoms. The number of ether oxygens (including phenoxy) is 1. The lowest BCUT2D eigenvalue weighted by Crippen LogP contribution is -2.09. The molecule has 0 saturated carbocycles. The minimum Gasteiger partial charge on any atom is -0.493 e. The molecule has 1 heterocycles. The van der Waals surface area contributed by atoms with Crippen molar-refractivity contribution in [3.63, 3.8) is 0 Å². The van der Waals surface area contributed by atoms with Gasteiger partial charge in [-0.05, 0) is 43.4 Å². The Hall–Kier alpha value is -1.77. The minimum atomic E-state index is -0.230. The number of benzene rings is 1. The molecule has 2 rings (SSSR count). The Morgan fingerprint density at radius 2 is 1.90 bits per heavy atom. The van der Waals surface area contributed by atoms with E-state index in [-0.39, 0.29) is 5.63 Å². The Kier molecular flexibility index (Phi) is 5.05. The van der Waals surface area contributed by atoms with Crippen LogP contribution in [0.15, 0.2) is 21.3 Å². The second-order valence-electron chi connectivity index (χ2n) is 5.36. The predicted molar refractivity (Wildman–Crippen MR) is 86.4 cm³/mol. The normalized spacial score (nSPS) is 11.0. The summed E-state index contributed by atoms with van der Waals surface area (Å²) in [6.45, 7) is 8.93. The summed E-state index contributed by atoms with van der Waals surface area (Å²) in [5, 5.41) is 1.02. The van der Waals surface area contributed by atoms with Crippen LogP contribution in [0.3, 0.4) is 0 Å². The van der Waals surface area contributed by atoms with Crippen LogP contribution < -0.4 is 10.4 Å². The molecule has 0 aliphatic rings. The van der Waals surface area contributed by atoms with Crippen molar-refractivity contribution in [2.45, 2.75) is 53.4 Å². The van der Waals surface area contributed by atoms with Gasteiger partial charge in [0.2, 0.25) is 0 Å². The van der Waals surface area contributed by atoms with Gasteiger partial charge < -0.3 is 9.15 Å². The van der Waals surface area contributed by atoms with Crippen LogP contribution in [0.25, 0.3) is 11.0 Å². The van der Waals surface area contributed by atoms with E-state index >= 15 is 0 Å². The van der Waals surface area contributed by atoms with Gasteiger partial charge in [0.15, 0.2) is 0 Å². The Balaban J connectivity index is 2.56. The first-order chi connectivity index (χ1) is 10.1. The molecule has 0 saturated heterocycles. The molecule has 0 radical (unpaired) electrons. The number of fused-ring (bicyclic) bond motifs is 1. The van der Waals surface area contributed by atoms with Crippen LogP contribution in [-0.2, 0) is 12.8 Å². The van der Waals surface area contributed by atoms with Gasteiger partial charge in [-0.15, -0.1) is 0 Å². The zero-order valence-electron chi connectivity index (χ0n) is 13.4. The Morgan fingerprint density at radius 1 is 1.14 bits per heavy atom. The third-order valence-corrected chi connectivity index (χ3v) is 3.96. The Bertz CT molecular complexity index is 683. The maximum atomic E-state index is 12.0. The molecule has 0 unspecified atom stereocenters. The quantitative estimate of drug-likeness (QED) is 0.584. The third-order valence-electron chi connectivity index (χ3n) is 3.96. The first-order valence-corrected chi connectivity index (χ1v) is 7.84. The molecule has 0 aliphatic carbocycles. The number of hydrogen-bond donors (Lipinski definition) is 0. The summed E-state index contributed by atoms with van der Waals surface area (Å²) < 4.78 is 11.3. The first-order valence-electron chi connectivity index (χ1n) is 7.84. The lowest BCUT2D eigenvalue weighted by atomic mass is 10.0. The maximum absolute atomic E-state index is 12.0. The fourth-order valence-electron chi connectivity index (χ4n) is 2.61. The van der Waals surface area contributed by atoms with Crippen molar-refractivity contribution in [3.8, 4) is 5.75 Å². The molecule has 2 aromatic rings. The van der Waals surface area contributed by atoms with Gasteiger partial charge in [0.1, 0.15) is 11.3 Å². The van der Waals surface area contributed by atoms with Gasteiger partial charge in [-0.1, -0.05) is 27.2 Å². The lowest BCUT2D eigenvalue weighted by molar-refractivity contribution is 0.306. The van der Waals surface area contributed by atoms with Crippen molar-refractivity contribution in [3.05, 3.63) is 39.2 Å². The van der Waals surface area contributed by atoms with Crippen molar-refractivity contribution in [2.24, 2.45) is 0 Å². The zero-order valence-corrected chi connectivity index (χ0v) is 13.4. The average Bonchev–Trinajstić information content (AvgIpc) is 2.47. The second kappa shape index (κ2) is 6.79. The van der Waals surface area contributed by atoms with Crippen molar-refractivity contribution in [2.75, 3.05) is 6.61 Å².